The second-order valence-electron chi connectivity index (χ2n) is 5.97. The summed E-state index contributed by atoms with van der Waals surface area (Å²) in [5.74, 6) is 0.346. The largest absolute Gasteiger partial charge is 0.489 e. The monoisotopic (exact) mass is 367 g/mol. The molecule has 0 saturated carbocycles. The molecule has 27 heavy (non-hydrogen) atoms. The third-order valence-electron chi connectivity index (χ3n) is 4.07. The lowest BCUT2D eigenvalue weighted by atomic mass is 10.2. The molecule has 0 bridgehead atoms. The van der Waals surface area contributed by atoms with Gasteiger partial charge in [0.1, 0.15) is 12.4 Å². The Hall–Kier alpha value is -3.35. The van der Waals surface area contributed by atoms with E-state index in [1.54, 1.807) is 37.7 Å². The van der Waals surface area contributed by atoms with Crippen molar-refractivity contribution < 1.29 is 14.3 Å². The van der Waals surface area contributed by atoms with Crippen molar-refractivity contribution in [3.05, 3.63) is 76.0 Å². The van der Waals surface area contributed by atoms with Crippen molar-refractivity contribution in [3.8, 4) is 11.7 Å². The number of carbonyl (C=O) groups is 1. The number of rotatable bonds is 6. The molecule has 3 rings (SSSR count). The summed E-state index contributed by atoms with van der Waals surface area (Å²) < 4.78 is 13.7. The lowest BCUT2D eigenvalue weighted by molar-refractivity contribution is 0.0514. The number of hydrogen-bond acceptors (Lipinski definition) is 5. The molecular weight excluding hydrogens is 346 g/mol. The summed E-state index contributed by atoms with van der Waals surface area (Å²) in [7, 11) is 1.67. The van der Waals surface area contributed by atoms with Gasteiger partial charge in [-0.1, -0.05) is 30.3 Å². The molecule has 3 aromatic rings. The van der Waals surface area contributed by atoms with Crippen LogP contribution in [0.25, 0.3) is 5.95 Å². The SMILES string of the molecule is CCOC(=O)c1c(C)nc(-n2ccc(OCc3ccccc3)cc2=O)n1C. The third kappa shape index (κ3) is 3.92. The molecule has 0 N–H and O–H groups in total. The number of hydrogen-bond donors (Lipinski definition) is 0. The van der Waals surface area contributed by atoms with Crippen LogP contribution in [0.15, 0.2) is 53.5 Å². The van der Waals surface area contributed by atoms with Crippen LogP contribution in [-0.4, -0.2) is 26.7 Å². The Kier molecular flexibility index (Phi) is 5.40. The highest BCUT2D eigenvalue weighted by Gasteiger charge is 2.21. The molecule has 0 atom stereocenters. The van der Waals surface area contributed by atoms with Gasteiger partial charge in [0.15, 0.2) is 5.69 Å². The average molecular weight is 367 g/mol. The number of nitrogens with zero attached hydrogens (tertiary/aromatic N) is 3. The Balaban J connectivity index is 1.85. The molecule has 0 saturated heterocycles. The van der Waals surface area contributed by atoms with Gasteiger partial charge in [0.25, 0.3) is 5.56 Å². The number of ether oxygens (including phenoxy) is 2. The van der Waals surface area contributed by atoms with Crippen LogP contribution in [0.1, 0.15) is 28.7 Å². The zero-order valence-electron chi connectivity index (χ0n) is 15.5. The molecule has 0 aliphatic rings. The minimum Gasteiger partial charge on any atom is -0.489 e. The maximum Gasteiger partial charge on any atom is 0.356 e. The van der Waals surface area contributed by atoms with Crippen molar-refractivity contribution in [1.82, 2.24) is 14.1 Å². The average Bonchev–Trinajstić information content (AvgIpc) is 2.95. The first-order valence-corrected chi connectivity index (χ1v) is 8.61. The molecule has 140 valence electrons. The molecule has 0 aliphatic carbocycles. The third-order valence-corrected chi connectivity index (χ3v) is 4.07. The fraction of sp³-hybridized carbons (Fsp3) is 0.250. The van der Waals surface area contributed by atoms with Gasteiger partial charge in [-0.05, 0) is 25.5 Å². The van der Waals surface area contributed by atoms with Gasteiger partial charge in [-0.15, -0.1) is 0 Å². The van der Waals surface area contributed by atoms with Crippen LogP contribution in [0.3, 0.4) is 0 Å². The Morgan fingerprint density at radius 2 is 1.93 bits per heavy atom. The van der Waals surface area contributed by atoms with E-state index >= 15 is 0 Å². The number of carbonyl (C=O) groups excluding carboxylic acids is 1. The Bertz CT molecular complexity index is 1010. The molecule has 1 aromatic carbocycles. The fourth-order valence-electron chi connectivity index (χ4n) is 2.78. The van der Waals surface area contributed by atoms with E-state index in [0.717, 1.165) is 5.56 Å². The zero-order valence-corrected chi connectivity index (χ0v) is 15.5. The predicted molar refractivity (Wildman–Crippen MR) is 100 cm³/mol. The van der Waals surface area contributed by atoms with Gasteiger partial charge in [0.2, 0.25) is 5.95 Å². The summed E-state index contributed by atoms with van der Waals surface area (Å²) in [6, 6.07) is 12.8. The minimum atomic E-state index is -0.466. The molecule has 0 unspecified atom stereocenters. The molecule has 7 nitrogen and oxygen atoms in total. The van der Waals surface area contributed by atoms with Gasteiger partial charge in [-0.2, -0.15) is 0 Å². The van der Waals surface area contributed by atoms with Crippen molar-refractivity contribution in [1.29, 1.82) is 0 Å². The number of aryl methyl sites for hydroxylation is 1. The van der Waals surface area contributed by atoms with E-state index in [1.807, 2.05) is 30.3 Å². The molecule has 0 amide bonds. The van der Waals surface area contributed by atoms with Gasteiger partial charge in [-0.3, -0.25) is 9.36 Å². The Labute approximate surface area is 156 Å². The molecule has 7 heteroatoms. The first-order valence-electron chi connectivity index (χ1n) is 8.61. The smallest absolute Gasteiger partial charge is 0.356 e. The van der Waals surface area contributed by atoms with Gasteiger partial charge in [0.05, 0.1) is 12.3 Å². The van der Waals surface area contributed by atoms with Crippen molar-refractivity contribution in [2.24, 2.45) is 7.05 Å². The van der Waals surface area contributed by atoms with Gasteiger partial charge in [-0.25, -0.2) is 9.78 Å². The normalized spacial score (nSPS) is 10.6. The highest BCUT2D eigenvalue weighted by molar-refractivity contribution is 5.89. The van der Waals surface area contributed by atoms with Gasteiger partial charge < -0.3 is 14.0 Å². The molecule has 2 heterocycles. The number of pyridine rings is 1. The van der Waals surface area contributed by atoms with Crippen LogP contribution < -0.4 is 10.3 Å². The topological polar surface area (TPSA) is 75.3 Å². The lowest BCUT2D eigenvalue weighted by Gasteiger charge is -2.09. The Morgan fingerprint density at radius 1 is 1.19 bits per heavy atom. The summed E-state index contributed by atoms with van der Waals surface area (Å²) in [6.45, 7) is 4.09. The van der Waals surface area contributed by atoms with E-state index < -0.39 is 5.97 Å². The van der Waals surface area contributed by atoms with Crippen LogP contribution in [0.2, 0.25) is 0 Å². The van der Waals surface area contributed by atoms with Crippen molar-refractivity contribution >= 4 is 5.97 Å². The van der Waals surface area contributed by atoms with Crippen LogP contribution in [-0.2, 0) is 18.4 Å². The highest BCUT2D eigenvalue weighted by Crippen LogP contribution is 2.15. The number of benzene rings is 1. The quantitative estimate of drug-likeness (QED) is 0.626. The molecule has 2 aromatic heterocycles. The van der Waals surface area contributed by atoms with Crippen LogP contribution >= 0.6 is 0 Å². The highest BCUT2D eigenvalue weighted by atomic mass is 16.5. The van der Waals surface area contributed by atoms with Crippen molar-refractivity contribution in [2.75, 3.05) is 6.61 Å². The lowest BCUT2D eigenvalue weighted by Crippen LogP contribution is -2.21. The molecular formula is C20H21N3O4. The maximum atomic E-state index is 12.5. The molecule has 0 spiro atoms. The standard InChI is InChI=1S/C20H21N3O4/c1-4-26-19(25)18-14(2)21-20(22(18)3)23-11-10-16(12-17(23)24)27-13-15-8-6-5-7-9-15/h5-12H,4,13H2,1-3H3. The van der Waals surface area contributed by atoms with E-state index in [2.05, 4.69) is 4.98 Å². The van der Waals surface area contributed by atoms with Crippen LogP contribution in [0.5, 0.6) is 5.75 Å². The summed E-state index contributed by atoms with van der Waals surface area (Å²) in [5.41, 5.74) is 1.54. The van der Waals surface area contributed by atoms with Crippen molar-refractivity contribution in [3.63, 3.8) is 0 Å². The van der Waals surface area contributed by atoms with Gasteiger partial charge >= 0.3 is 5.97 Å². The molecule has 0 radical (unpaired) electrons. The van der Waals surface area contributed by atoms with E-state index in [1.165, 1.54) is 10.6 Å². The molecule has 0 fully saturated rings. The summed E-state index contributed by atoms with van der Waals surface area (Å²) >= 11 is 0. The number of imidazole rings is 1. The fourth-order valence-corrected chi connectivity index (χ4v) is 2.78. The minimum absolute atomic E-state index is 0.270. The van der Waals surface area contributed by atoms with E-state index in [9.17, 15) is 9.59 Å². The van der Waals surface area contributed by atoms with Gasteiger partial charge in [0, 0.05) is 19.3 Å². The van der Waals surface area contributed by atoms with E-state index in [4.69, 9.17) is 9.47 Å². The van der Waals surface area contributed by atoms with E-state index in [0.29, 0.717) is 29.7 Å². The number of esters is 1. The van der Waals surface area contributed by atoms with Crippen LogP contribution in [0, 0.1) is 6.92 Å². The summed E-state index contributed by atoms with van der Waals surface area (Å²) in [4.78, 5) is 29.0. The second kappa shape index (κ2) is 7.90. The zero-order chi connectivity index (χ0) is 19.4. The van der Waals surface area contributed by atoms with Crippen molar-refractivity contribution in [2.45, 2.75) is 20.5 Å². The molecule has 0 aliphatic heterocycles. The van der Waals surface area contributed by atoms with Crippen LogP contribution in [0.4, 0.5) is 0 Å². The first kappa shape index (κ1) is 18.4. The first-order chi connectivity index (χ1) is 13.0. The summed E-state index contributed by atoms with van der Waals surface area (Å²) in [5, 5.41) is 0. The van der Waals surface area contributed by atoms with E-state index in [-0.39, 0.29) is 12.2 Å². The maximum absolute atomic E-state index is 12.5. The Morgan fingerprint density at radius 3 is 2.59 bits per heavy atom. The number of aromatic nitrogens is 3. The predicted octanol–water partition coefficient (Wildman–Crippen LogP) is 2.64. The summed E-state index contributed by atoms with van der Waals surface area (Å²) in [6.07, 6.45) is 1.58. The second-order valence-corrected chi connectivity index (χ2v) is 5.97.